The van der Waals surface area contributed by atoms with E-state index in [2.05, 4.69) is 9.95 Å². The average molecular weight is 365 g/mol. The highest BCUT2D eigenvalue weighted by Crippen LogP contribution is 2.23. The van der Waals surface area contributed by atoms with E-state index in [9.17, 15) is 18.0 Å². The summed E-state index contributed by atoms with van der Waals surface area (Å²) in [5, 5.41) is 3.00. The van der Waals surface area contributed by atoms with Crippen LogP contribution in [0.3, 0.4) is 0 Å². The molecular formula is C17H14F3N3O3. The number of aromatic amines is 1. The van der Waals surface area contributed by atoms with Crippen molar-refractivity contribution >= 4 is 0 Å². The van der Waals surface area contributed by atoms with Crippen LogP contribution in [0, 0.1) is 0 Å². The van der Waals surface area contributed by atoms with Gasteiger partial charge >= 0.3 is 11.9 Å². The van der Waals surface area contributed by atoms with Gasteiger partial charge in [0.05, 0.1) is 0 Å². The highest BCUT2D eigenvalue weighted by Gasteiger charge is 2.32. The molecule has 1 aliphatic rings. The smallest absolute Gasteiger partial charge is 0.573 e. The summed E-state index contributed by atoms with van der Waals surface area (Å²) in [4.78, 5) is 12.6. The number of benzene rings is 2. The molecule has 4 rings (SSSR count). The number of aryl methyl sites for hydroxylation is 1. The Morgan fingerprint density at radius 2 is 1.73 bits per heavy atom. The van der Waals surface area contributed by atoms with Crippen LogP contribution in [0.25, 0.3) is 11.4 Å². The third-order valence-corrected chi connectivity index (χ3v) is 4.11. The van der Waals surface area contributed by atoms with Crippen molar-refractivity contribution in [1.82, 2.24) is 9.90 Å². The van der Waals surface area contributed by atoms with Crippen molar-refractivity contribution in [2.45, 2.75) is 19.2 Å². The van der Waals surface area contributed by atoms with Gasteiger partial charge in [-0.05, 0) is 36.8 Å². The Bertz CT molecular complexity index is 991. The van der Waals surface area contributed by atoms with Gasteiger partial charge in [-0.2, -0.15) is 0 Å². The molecule has 2 heterocycles. The van der Waals surface area contributed by atoms with Crippen molar-refractivity contribution < 1.29 is 28.1 Å². The Hall–Kier alpha value is -3.07. The first kappa shape index (κ1) is 17.7. The molecule has 0 fully saturated rings. The lowest BCUT2D eigenvalue weighted by molar-refractivity contribution is -0.671. The second-order valence-electron chi connectivity index (χ2n) is 5.69. The monoisotopic (exact) mass is 365 g/mol. The minimum absolute atomic E-state index is 0. The second-order valence-corrected chi connectivity index (χ2v) is 5.69. The van der Waals surface area contributed by atoms with E-state index >= 15 is 0 Å². The minimum Gasteiger partial charge on any atom is -0.870 e. The van der Waals surface area contributed by atoms with Crippen LogP contribution in [0.15, 0.2) is 53.3 Å². The number of para-hydroxylation sites is 1. The number of halogens is 3. The predicted octanol–water partition coefficient (Wildman–Crippen LogP) is 2.26. The number of alkyl halides is 3. The summed E-state index contributed by atoms with van der Waals surface area (Å²) in [6.07, 6.45) is -3.39. The van der Waals surface area contributed by atoms with Gasteiger partial charge in [0, 0.05) is 12.0 Å². The standard InChI is InChI=1S/C17H12F3N3O2.H2O/c18-17(19,20)25-13-8-6-12(7-9-13)22-16(24)15-10-5-11-3-1-2-4-14(11)23(15)21-22;/h1-4,6-9H,5,10H2;1H2. The van der Waals surface area contributed by atoms with Gasteiger partial charge in [0.2, 0.25) is 5.69 Å². The number of hydrogen-bond acceptors (Lipinski definition) is 3. The molecular weight excluding hydrogens is 351 g/mol. The number of fused-ring (bicyclic) bond motifs is 3. The normalized spacial score (nSPS) is 12.7. The van der Waals surface area contributed by atoms with E-state index in [4.69, 9.17) is 0 Å². The zero-order valence-corrected chi connectivity index (χ0v) is 13.3. The third kappa shape index (κ3) is 3.08. The minimum atomic E-state index is -4.75. The van der Waals surface area contributed by atoms with Crippen LogP contribution in [0.1, 0.15) is 11.3 Å². The number of H-pyrrole nitrogens is 1. The van der Waals surface area contributed by atoms with Crippen LogP contribution in [0.4, 0.5) is 13.2 Å². The summed E-state index contributed by atoms with van der Waals surface area (Å²) in [5.74, 6) is -0.335. The Kier molecular flexibility index (Phi) is 4.33. The molecule has 0 radical (unpaired) electrons. The van der Waals surface area contributed by atoms with E-state index in [0.29, 0.717) is 17.8 Å². The molecule has 0 aliphatic carbocycles. The molecule has 136 valence electrons. The maximum atomic E-state index is 12.6. The third-order valence-electron chi connectivity index (χ3n) is 4.11. The fraction of sp³-hybridized carbons (Fsp3) is 0.176. The molecule has 26 heavy (non-hydrogen) atoms. The van der Waals surface area contributed by atoms with Crippen LogP contribution in [-0.2, 0) is 12.8 Å². The molecule has 3 aromatic rings. The maximum Gasteiger partial charge on any atom is 0.573 e. The molecule has 0 saturated carbocycles. The van der Waals surface area contributed by atoms with Crippen LogP contribution in [0.2, 0.25) is 0 Å². The second kappa shape index (κ2) is 6.34. The van der Waals surface area contributed by atoms with E-state index in [1.54, 1.807) is 4.68 Å². The molecule has 0 amide bonds. The molecule has 2 N–H and O–H groups in total. The van der Waals surface area contributed by atoms with Gasteiger partial charge < -0.3 is 10.2 Å². The SMILES string of the molecule is O=c1c2[n+]([nH]n1-c1ccc(OC(F)(F)F)cc1)-c1ccccc1CC2.[OH-]. The lowest BCUT2D eigenvalue weighted by Crippen LogP contribution is -2.42. The quantitative estimate of drug-likeness (QED) is 0.708. The Labute approximate surface area is 145 Å². The van der Waals surface area contributed by atoms with Gasteiger partial charge in [0.25, 0.3) is 0 Å². The summed E-state index contributed by atoms with van der Waals surface area (Å²) in [7, 11) is 0. The number of aromatic nitrogens is 3. The number of nitrogens with zero attached hydrogens (tertiary/aromatic N) is 2. The van der Waals surface area contributed by atoms with Gasteiger partial charge in [0.1, 0.15) is 5.75 Å². The average Bonchev–Trinajstić information content (AvgIpc) is 2.92. The first-order chi connectivity index (χ1) is 11.9. The zero-order chi connectivity index (χ0) is 17.6. The maximum absolute atomic E-state index is 12.6. The fourth-order valence-corrected chi connectivity index (χ4v) is 3.01. The van der Waals surface area contributed by atoms with Gasteiger partial charge in [-0.25, -0.2) is 4.79 Å². The van der Waals surface area contributed by atoms with Crippen molar-refractivity contribution in [3.05, 3.63) is 70.1 Å². The Balaban J connectivity index is 0.00000196. The van der Waals surface area contributed by atoms with Gasteiger partial charge in [-0.1, -0.05) is 28.1 Å². The largest absolute Gasteiger partial charge is 0.870 e. The summed E-state index contributed by atoms with van der Waals surface area (Å²) < 4.78 is 43.6. The van der Waals surface area contributed by atoms with E-state index in [-0.39, 0.29) is 16.8 Å². The molecule has 0 unspecified atom stereocenters. The van der Waals surface area contributed by atoms with Crippen molar-refractivity contribution in [3.63, 3.8) is 0 Å². The number of nitrogens with one attached hydrogen (secondary N) is 1. The van der Waals surface area contributed by atoms with Crippen LogP contribution < -0.4 is 15.0 Å². The first-order valence-electron chi connectivity index (χ1n) is 7.63. The summed E-state index contributed by atoms with van der Waals surface area (Å²) in [6.45, 7) is 0. The molecule has 2 aromatic carbocycles. The molecule has 1 aliphatic heterocycles. The topological polar surface area (TPSA) is 80.9 Å². The highest BCUT2D eigenvalue weighted by atomic mass is 19.4. The van der Waals surface area contributed by atoms with Crippen LogP contribution >= 0.6 is 0 Å². The van der Waals surface area contributed by atoms with Crippen LogP contribution in [0.5, 0.6) is 5.75 Å². The van der Waals surface area contributed by atoms with E-state index in [1.165, 1.54) is 28.9 Å². The lowest BCUT2D eigenvalue weighted by atomic mass is 10.0. The first-order valence-corrected chi connectivity index (χ1v) is 7.63. The molecule has 0 saturated heterocycles. The Morgan fingerprint density at radius 3 is 2.42 bits per heavy atom. The molecule has 0 spiro atoms. The summed E-state index contributed by atoms with van der Waals surface area (Å²) in [6, 6.07) is 12.9. The summed E-state index contributed by atoms with van der Waals surface area (Å²) in [5.41, 5.74) is 2.84. The molecule has 0 bridgehead atoms. The predicted molar refractivity (Wildman–Crippen MR) is 83.9 cm³/mol. The number of rotatable bonds is 2. The van der Waals surface area contributed by atoms with Gasteiger partial charge in [-0.3, -0.25) is 0 Å². The van der Waals surface area contributed by atoms with Crippen LogP contribution in [-0.4, -0.2) is 21.7 Å². The lowest BCUT2D eigenvalue weighted by Gasteiger charge is -2.10. The molecule has 0 atom stereocenters. The highest BCUT2D eigenvalue weighted by molar-refractivity contribution is 5.38. The zero-order valence-electron chi connectivity index (χ0n) is 13.3. The van der Waals surface area contributed by atoms with Gasteiger partial charge in [-0.15, -0.1) is 17.9 Å². The molecule has 6 nitrogen and oxygen atoms in total. The van der Waals surface area contributed by atoms with E-state index in [1.807, 2.05) is 24.3 Å². The van der Waals surface area contributed by atoms with Crippen molar-refractivity contribution in [2.24, 2.45) is 0 Å². The van der Waals surface area contributed by atoms with Gasteiger partial charge in [0.15, 0.2) is 11.4 Å². The van der Waals surface area contributed by atoms with E-state index in [0.717, 1.165) is 17.7 Å². The number of ether oxygens (including phenoxy) is 1. The van der Waals surface area contributed by atoms with Crippen molar-refractivity contribution in [2.75, 3.05) is 0 Å². The fourth-order valence-electron chi connectivity index (χ4n) is 3.01. The molecule has 9 heteroatoms. The number of hydrogen-bond donors (Lipinski definition) is 1. The molecule has 1 aromatic heterocycles. The van der Waals surface area contributed by atoms with E-state index < -0.39 is 6.36 Å². The Morgan fingerprint density at radius 1 is 1.04 bits per heavy atom. The van der Waals surface area contributed by atoms with Crippen molar-refractivity contribution in [1.29, 1.82) is 0 Å². The summed E-state index contributed by atoms with van der Waals surface area (Å²) >= 11 is 0. The van der Waals surface area contributed by atoms with Crippen molar-refractivity contribution in [3.8, 4) is 17.1 Å².